The Hall–Kier alpha value is -2.87. The van der Waals surface area contributed by atoms with Gasteiger partial charge in [0.2, 0.25) is 5.69 Å². The van der Waals surface area contributed by atoms with Crippen molar-refractivity contribution < 1.29 is 9.67 Å². The first-order valence-corrected chi connectivity index (χ1v) is 12.2. The van der Waals surface area contributed by atoms with Gasteiger partial charge in [0, 0.05) is 42.1 Å². The predicted molar refractivity (Wildman–Crippen MR) is 132 cm³/mol. The molecular weight excluding hydrogens is 438 g/mol. The van der Waals surface area contributed by atoms with Gasteiger partial charge in [-0.15, -0.1) is 11.3 Å². The fourth-order valence-electron chi connectivity index (χ4n) is 4.16. The second kappa shape index (κ2) is 8.58. The molecule has 0 spiro atoms. The number of aliphatic hydroxyl groups is 1. The maximum Gasteiger partial charge on any atom is 0.271 e. The van der Waals surface area contributed by atoms with Gasteiger partial charge in [0.1, 0.15) is 20.8 Å². The number of aromatic nitrogens is 2. The van der Waals surface area contributed by atoms with E-state index in [1.807, 2.05) is 53.6 Å². The number of aliphatic hydroxyl groups excluding tert-OH is 1. The van der Waals surface area contributed by atoms with E-state index >= 15 is 0 Å². The average molecular weight is 463 g/mol. The van der Waals surface area contributed by atoms with Crippen molar-refractivity contribution in [3.63, 3.8) is 0 Å². The van der Waals surface area contributed by atoms with Crippen LogP contribution in [0.3, 0.4) is 0 Å². The lowest BCUT2D eigenvalue weighted by Crippen LogP contribution is -2.39. The summed E-state index contributed by atoms with van der Waals surface area (Å²) in [5.74, 6) is 0. The maximum atomic E-state index is 13.4. The quantitative estimate of drug-likeness (QED) is 0.474. The van der Waals surface area contributed by atoms with E-state index in [0.717, 1.165) is 25.6 Å². The van der Waals surface area contributed by atoms with Crippen LogP contribution in [0.2, 0.25) is 0 Å². The van der Waals surface area contributed by atoms with Crippen LogP contribution in [0.15, 0.2) is 70.5 Å². The topological polar surface area (TPSA) is 49.4 Å². The normalized spacial score (nSPS) is 15.6. The minimum absolute atomic E-state index is 0.0415. The largest absolute Gasteiger partial charge is 0.390 e. The minimum Gasteiger partial charge on any atom is -0.390 e. The second-order valence-corrected chi connectivity index (χ2v) is 9.67. The third kappa shape index (κ3) is 3.46. The molecule has 7 heteroatoms. The zero-order valence-corrected chi connectivity index (χ0v) is 19.6. The first kappa shape index (κ1) is 21.0. The summed E-state index contributed by atoms with van der Waals surface area (Å²) in [6, 6.07) is 18.6. The van der Waals surface area contributed by atoms with Crippen molar-refractivity contribution in [1.82, 2.24) is 4.57 Å². The highest BCUT2D eigenvalue weighted by Crippen LogP contribution is 2.48. The van der Waals surface area contributed by atoms with Gasteiger partial charge in [0.15, 0.2) is 12.7 Å². The van der Waals surface area contributed by atoms with Gasteiger partial charge in [0.05, 0.1) is 5.69 Å². The van der Waals surface area contributed by atoms with Crippen LogP contribution in [0.4, 0.5) is 5.69 Å². The summed E-state index contributed by atoms with van der Waals surface area (Å²) in [5, 5.41) is 12.8. The van der Waals surface area contributed by atoms with Crippen LogP contribution in [0.5, 0.6) is 0 Å². The number of rotatable bonds is 4. The van der Waals surface area contributed by atoms with E-state index in [0.29, 0.717) is 13.1 Å². The van der Waals surface area contributed by atoms with E-state index in [1.165, 1.54) is 27.0 Å². The zero-order valence-electron chi connectivity index (χ0n) is 18.0. The van der Waals surface area contributed by atoms with Crippen LogP contribution in [0.25, 0.3) is 21.9 Å². The predicted octanol–water partition coefficient (Wildman–Crippen LogP) is 2.50. The third-order valence-corrected chi connectivity index (χ3v) is 8.19. The van der Waals surface area contributed by atoms with Gasteiger partial charge in [-0.1, -0.05) is 42.1 Å². The molecule has 2 aromatic heterocycles. The Morgan fingerprint density at radius 3 is 2.72 bits per heavy atom. The molecule has 0 saturated heterocycles. The molecule has 5 rings (SSSR count). The molecule has 2 aromatic carbocycles. The fraction of sp³-hybridized carbons (Fsp3) is 0.200. The summed E-state index contributed by atoms with van der Waals surface area (Å²) >= 11 is 3.19. The summed E-state index contributed by atoms with van der Waals surface area (Å²) in [4.78, 5) is 16.7. The monoisotopic (exact) mass is 462 g/mol. The number of anilines is 1. The number of fused-ring (bicyclic) bond motifs is 3. The van der Waals surface area contributed by atoms with Crippen molar-refractivity contribution >= 4 is 50.7 Å². The minimum atomic E-state index is 0.0415. The van der Waals surface area contributed by atoms with Crippen molar-refractivity contribution in [2.24, 2.45) is 0 Å². The molecule has 1 N–H and O–H groups in total. The molecule has 162 valence electrons. The van der Waals surface area contributed by atoms with E-state index in [-0.39, 0.29) is 12.2 Å². The van der Waals surface area contributed by atoms with Gasteiger partial charge in [-0.3, -0.25) is 9.36 Å². The molecule has 1 aliphatic heterocycles. The first-order valence-electron chi connectivity index (χ1n) is 10.6. The van der Waals surface area contributed by atoms with E-state index in [1.54, 1.807) is 11.8 Å². The summed E-state index contributed by atoms with van der Waals surface area (Å²) in [5.41, 5.74) is 2.16. The molecule has 32 heavy (non-hydrogen) atoms. The fourth-order valence-corrected chi connectivity index (χ4v) is 6.64. The Balaban J connectivity index is 1.71. The third-order valence-electron chi connectivity index (χ3n) is 5.72. The van der Waals surface area contributed by atoms with Crippen molar-refractivity contribution in [3.05, 3.63) is 86.0 Å². The van der Waals surface area contributed by atoms with E-state index in [2.05, 4.69) is 41.3 Å². The van der Waals surface area contributed by atoms with Crippen molar-refractivity contribution in [2.75, 3.05) is 18.6 Å². The van der Waals surface area contributed by atoms with Gasteiger partial charge in [-0.05, 0) is 24.4 Å². The molecule has 0 unspecified atom stereocenters. The summed E-state index contributed by atoms with van der Waals surface area (Å²) in [6.45, 7) is 3.18. The van der Waals surface area contributed by atoms with Gasteiger partial charge >= 0.3 is 0 Å². The summed E-state index contributed by atoms with van der Waals surface area (Å²) in [7, 11) is 2.05. The molecule has 0 saturated carbocycles. The highest BCUT2D eigenvalue weighted by Gasteiger charge is 2.26. The lowest BCUT2D eigenvalue weighted by atomic mass is 10.1. The van der Waals surface area contributed by atoms with Crippen molar-refractivity contribution in [2.45, 2.75) is 24.9 Å². The molecule has 4 aromatic rings. The molecule has 0 aliphatic carbocycles. The molecule has 3 heterocycles. The lowest BCUT2D eigenvalue weighted by Gasteiger charge is -2.15. The SMILES string of the molecule is CCn1c(=O)/c(=C2/Sc3ccc4ccccc4c3N2C)s/c1=C/c1cccc[n+]1CCO. The van der Waals surface area contributed by atoms with Gasteiger partial charge in [-0.2, -0.15) is 4.57 Å². The van der Waals surface area contributed by atoms with Gasteiger partial charge < -0.3 is 10.0 Å². The summed E-state index contributed by atoms with van der Waals surface area (Å²) < 4.78 is 5.50. The number of thiazole rings is 1. The van der Waals surface area contributed by atoms with Crippen LogP contribution >= 0.6 is 23.1 Å². The van der Waals surface area contributed by atoms with E-state index in [4.69, 9.17) is 0 Å². The van der Waals surface area contributed by atoms with E-state index < -0.39 is 0 Å². The number of hydrogen-bond acceptors (Lipinski definition) is 5. The Morgan fingerprint density at radius 2 is 1.91 bits per heavy atom. The number of benzene rings is 2. The van der Waals surface area contributed by atoms with Crippen LogP contribution in [0.1, 0.15) is 12.6 Å². The molecular formula is C25H24N3O2S2+. The standard InChI is InChI=1S/C25H24N3O2S2/c1-3-28-21(16-18-9-6-7-13-27(18)14-15-29)32-23(24(28)30)25-26(2)22-19-10-5-4-8-17(19)11-12-20(22)31-25/h4-13,16,29H,3,14-15H2,1-2H3/q+1/b25-23-. The molecule has 1 aliphatic rings. The molecule has 0 radical (unpaired) electrons. The lowest BCUT2D eigenvalue weighted by molar-refractivity contribution is -0.699. The Labute approximate surface area is 194 Å². The van der Waals surface area contributed by atoms with Crippen molar-refractivity contribution in [1.29, 1.82) is 0 Å². The molecule has 0 fully saturated rings. The first-order chi connectivity index (χ1) is 15.6. The number of nitrogens with zero attached hydrogens (tertiary/aromatic N) is 3. The number of thioether (sulfide) groups is 1. The van der Waals surface area contributed by atoms with Crippen LogP contribution in [-0.4, -0.2) is 23.3 Å². The van der Waals surface area contributed by atoms with Crippen LogP contribution in [-0.2, 0) is 13.1 Å². The molecule has 0 amide bonds. The smallest absolute Gasteiger partial charge is 0.271 e. The van der Waals surface area contributed by atoms with Crippen LogP contribution in [0, 0.1) is 0 Å². The zero-order chi connectivity index (χ0) is 22.2. The average Bonchev–Trinajstić information content (AvgIpc) is 3.31. The Morgan fingerprint density at radius 1 is 1.09 bits per heavy atom. The number of hydrogen-bond donors (Lipinski definition) is 1. The molecule has 0 atom stereocenters. The maximum absolute atomic E-state index is 13.4. The number of pyridine rings is 1. The second-order valence-electron chi connectivity index (χ2n) is 7.61. The Bertz CT molecular complexity index is 1500. The van der Waals surface area contributed by atoms with E-state index in [9.17, 15) is 9.90 Å². The molecule has 0 bridgehead atoms. The summed E-state index contributed by atoms with van der Waals surface area (Å²) in [6.07, 6.45) is 3.99. The highest BCUT2D eigenvalue weighted by molar-refractivity contribution is 8.08. The van der Waals surface area contributed by atoms with Gasteiger partial charge in [-0.25, -0.2) is 0 Å². The van der Waals surface area contributed by atoms with Gasteiger partial charge in [0.25, 0.3) is 5.56 Å². The highest BCUT2D eigenvalue weighted by atomic mass is 32.2. The Kier molecular flexibility index (Phi) is 5.63. The van der Waals surface area contributed by atoms with Crippen LogP contribution < -0.4 is 24.2 Å². The molecule has 5 nitrogen and oxygen atoms in total. The van der Waals surface area contributed by atoms with Crippen molar-refractivity contribution in [3.8, 4) is 0 Å².